The van der Waals surface area contributed by atoms with Crippen molar-refractivity contribution in [3.63, 3.8) is 0 Å². The van der Waals surface area contributed by atoms with Crippen molar-refractivity contribution in [1.82, 2.24) is 0 Å². The Labute approximate surface area is 111 Å². The summed E-state index contributed by atoms with van der Waals surface area (Å²) in [6.45, 7) is 5.81. The molecule has 0 saturated heterocycles. The van der Waals surface area contributed by atoms with Crippen molar-refractivity contribution in [2.75, 3.05) is 6.61 Å². The average molecular weight is 268 g/mol. The third-order valence-corrected chi connectivity index (χ3v) is 2.03. The first-order chi connectivity index (χ1) is 8.99. The van der Waals surface area contributed by atoms with E-state index in [2.05, 4.69) is 19.6 Å². The van der Waals surface area contributed by atoms with E-state index in [4.69, 9.17) is 0 Å². The molecule has 0 heterocycles. The van der Waals surface area contributed by atoms with Crippen molar-refractivity contribution in [3.05, 3.63) is 35.4 Å². The van der Waals surface area contributed by atoms with Crippen molar-refractivity contribution in [3.8, 4) is 0 Å². The Bertz CT molecular complexity index is 423. The summed E-state index contributed by atoms with van der Waals surface area (Å²) in [6.07, 6.45) is -1.06. The van der Waals surface area contributed by atoms with E-state index >= 15 is 0 Å². The van der Waals surface area contributed by atoms with E-state index in [1.807, 2.05) is 20.8 Å². The van der Waals surface area contributed by atoms with Gasteiger partial charge in [-0.3, -0.25) is 4.89 Å². The van der Waals surface area contributed by atoms with Crippen molar-refractivity contribution in [1.29, 1.82) is 0 Å². The highest BCUT2D eigenvalue weighted by Crippen LogP contribution is 2.05. The lowest BCUT2D eigenvalue weighted by Gasteiger charge is -2.05. The van der Waals surface area contributed by atoms with Gasteiger partial charge >= 0.3 is 12.1 Å². The Hall–Kier alpha value is -2.08. The molecule has 6 heteroatoms. The van der Waals surface area contributed by atoms with E-state index in [0.29, 0.717) is 0 Å². The number of carbonyl (C=O) groups excluding carboxylic acids is 2. The van der Waals surface area contributed by atoms with Gasteiger partial charge in [0, 0.05) is 0 Å². The molecule has 0 bridgehead atoms. The summed E-state index contributed by atoms with van der Waals surface area (Å²) in [5, 5.41) is 4.05. The molecule has 0 aliphatic rings. The molecule has 0 fully saturated rings. The smallest absolute Gasteiger partial charge is 0.432 e. The molecule has 1 aromatic rings. The third kappa shape index (κ3) is 5.87. The van der Waals surface area contributed by atoms with E-state index in [1.165, 1.54) is 0 Å². The van der Waals surface area contributed by atoms with Gasteiger partial charge < -0.3 is 4.74 Å². The number of hydrogen-bond acceptors (Lipinski definition) is 6. The first-order valence-corrected chi connectivity index (χ1v) is 5.78. The number of ether oxygens (including phenoxy) is 1. The largest absolute Gasteiger partial charge is 0.543 e. The topological polar surface area (TPSA) is 71.1 Å². The zero-order valence-electron chi connectivity index (χ0n) is 11.0. The fourth-order valence-electron chi connectivity index (χ4n) is 1.07. The lowest BCUT2D eigenvalue weighted by atomic mass is 10.2. The molecule has 6 nitrogen and oxygen atoms in total. The van der Waals surface area contributed by atoms with Crippen LogP contribution < -0.4 is 0 Å². The second-order valence-electron chi connectivity index (χ2n) is 4.34. The van der Waals surface area contributed by atoms with Crippen LogP contribution in [0, 0.1) is 12.8 Å². The van der Waals surface area contributed by atoms with Gasteiger partial charge in [-0.2, -0.15) is 0 Å². The number of hydrogen-bond donors (Lipinski definition) is 0. The van der Waals surface area contributed by atoms with Gasteiger partial charge in [0.25, 0.3) is 0 Å². The van der Waals surface area contributed by atoms with Crippen LogP contribution in [0.4, 0.5) is 4.79 Å². The number of aryl methyl sites for hydroxylation is 1. The molecule has 0 aliphatic heterocycles. The van der Waals surface area contributed by atoms with Gasteiger partial charge in [0.1, 0.15) is 0 Å². The molecule has 0 spiro atoms. The van der Waals surface area contributed by atoms with E-state index in [1.54, 1.807) is 24.3 Å². The molecule has 0 saturated carbocycles. The molecule has 0 aliphatic carbocycles. The van der Waals surface area contributed by atoms with Gasteiger partial charge in [0.2, 0.25) is 0 Å². The van der Waals surface area contributed by atoms with Crippen LogP contribution >= 0.6 is 0 Å². The van der Waals surface area contributed by atoms with E-state index < -0.39 is 12.1 Å². The monoisotopic (exact) mass is 268 g/mol. The molecule has 0 radical (unpaired) electrons. The Balaban J connectivity index is 2.27. The van der Waals surface area contributed by atoms with E-state index in [0.717, 1.165) is 5.56 Å². The molecule has 0 aromatic heterocycles. The van der Waals surface area contributed by atoms with Crippen LogP contribution in [-0.2, 0) is 19.6 Å². The highest BCUT2D eigenvalue weighted by molar-refractivity contribution is 5.88. The van der Waals surface area contributed by atoms with E-state index in [-0.39, 0.29) is 18.1 Å². The van der Waals surface area contributed by atoms with Crippen LogP contribution in [0.5, 0.6) is 0 Å². The summed E-state index contributed by atoms with van der Waals surface area (Å²) in [4.78, 5) is 30.8. The van der Waals surface area contributed by atoms with Crippen LogP contribution in [0.2, 0.25) is 0 Å². The maximum absolute atomic E-state index is 11.4. The first kappa shape index (κ1) is 15.0. The Morgan fingerprint density at radius 1 is 1.11 bits per heavy atom. The minimum atomic E-state index is -1.06. The first-order valence-electron chi connectivity index (χ1n) is 5.78. The molecular weight excluding hydrogens is 252 g/mol. The Kier molecular flexibility index (Phi) is 5.81. The third-order valence-electron chi connectivity index (χ3n) is 2.03. The van der Waals surface area contributed by atoms with Crippen LogP contribution in [0.1, 0.15) is 29.8 Å². The lowest BCUT2D eigenvalue weighted by molar-refractivity contribution is -0.452. The van der Waals surface area contributed by atoms with Gasteiger partial charge in [-0.1, -0.05) is 31.5 Å². The van der Waals surface area contributed by atoms with Crippen molar-refractivity contribution in [2.24, 2.45) is 5.92 Å². The minimum absolute atomic E-state index is 0.169. The minimum Gasteiger partial charge on any atom is -0.432 e. The predicted octanol–water partition coefficient (Wildman–Crippen LogP) is 2.81. The van der Waals surface area contributed by atoms with Crippen LogP contribution in [0.15, 0.2) is 24.3 Å². The number of rotatable bonds is 5. The fourth-order valence-corrected chi connectivity index (χ4v) is 1.07. The van der Waals surface area contributed by atoms with Crippen LogP contribution in [0.3, 0.4) is 0 Å². The molecule has 1 aromatic carbocycles. The van der Waals surface area contributed by atoms with Crippen molar-refractivity contribution in [2.45, 2.75) is 20.8 Å². The second kappa shape index (κ2) is 7.38. The molecule has 19 heavy (non-hydrogen) atoms. The predicted molar refractivity (Wildman–Crippen MR) is 65.0 cm³/mol. The van der Waals surface area contributed by atoms with Gasteiger partial charge in [0.15, 0.2) is 0 Å². The lowest BCUT2D eigenvalue weighted by Crippen LogP contribution is -2.14. The van der Waals surface area contributed by atoms with E-state index in [9.17, 15) is 9.59 Å². The number of benzene rings is 1. The van der Waals surface area contributed by atoms with Gasteiger partial charge in [-0.25, -0.2) is 14.5 Å². The SMILES string of the molecule is Cc1ccc(C(=O)OOOC(=O)OCC(C)C)cc1. The van der Waals surface area contributed by atoms with Gasteiger partial charge in [0.05, 0.1) is 17.2 Å². The van der Waals surface area contributed by atoms with Crippen molar-refractivity contribution >= 4 is 12.1 Å². The molecule has 0 unspecified atom stereocenters. The zero-order valence-corrected chi connectivity index (χ0v) is 11.0. The molecule has 0 atom stereocenters. The zero-order chi connectivity index (χ0) is 14.3. The van der Waals surface area contributed by atoms with Crippen LogP contribution in [-0.4, -0.2) is 18.7 Å². The summed E-state index contributed by atoms with van der Waals surface area (Å²) >= 11 is 0. The highest BCUT2D eigenvalue weighted by atomic mass is 17.5. The van der Waals surface area contributed by atoms with Gasteiger partial charge in [-0.15, -0.1) is 0 Å². The highest BCUT2D eigenvalue weighted by Gasteiger charge is 2.12. The number of carbonyl (C=O) groups is 2. The Morgan fingerprint density at radius 2 is 1.74 bits per heavy atom. The van der Waals surface area contributed by atoms with Crippen molar-refractivity contribution < 1.29 is 29.1 Å². The maximum atomic E-state index is 11.4. The quantitative estimate of drug-likeness (QED) is 0.464. The fraction of sp³-hybridized carbons (Fsp3) is 0.385. The van der Waals surface area contributed by atoms with Crippen LogP contribution in [0.25, 0.3) is 0 Å². The van der Waals surface area contributed by atoms with Gasteiger partial charge in [-0.05, 0) is 25.0 Å². The molecule has 1 rings (SSSR count). The second-order valence-corrected chi connectivity index (χ2v) is 4.34. The summed E-state index contributed by atoms with van der Waals surface area (Å²) in [5.74, 6) is -0.598. The summed E-state index contributed by atoms with van der Waals surface area (Å²) in [6, 6.07) is 6.62. The average Bonchev–Trinajstić information content (AvgIpc) is 2.37. The summed E-state index contributed by atoms with van der Waals surface area (Å²) < 4.78 is 4.63. The molecule has 0 N–H and O–H groups in total. The molecular formula is C13H16O6. The Morgan fingerprint density at radius 3 is 2.32 bits per heavy atom. The summed E-state index contributed by atoms with van der Waals surface area (Å²) in [5.41, 5.74) is 1.29. The summed E-state index contributed by atoms with van der Waals surface area (Å²) in [7, 11) is 0. The molecule has 104 valence electrons. The standard InChI is InChI=1S/C13H16O6/c1-9(2)8-16-13(15)18-19-17-12(14)11-6-4-10(3)5-7-11/h4-7,9H,8H2,1-3H3. The maximum Gasteiger partial charge on any atom is 0.543 e. The normalized spacial score (nSPS) is 10.1. The molecule has 0 amide bonds.